The molecule has 10 heteroatoms. The molecule has 0 saturated carbocycles. The third-order valence-corrected chi connectivity index (χ3v) is 4.65. The zero-order chi connectivity index (χ0) is 22.0. The predicted octanol–water partition coefficient (Wildman–Crippen LogP) is 2.91. The maximum atomic E-state index is 12.3. The van der Waals surface area contributed by atoms with Crippen LogP contribution in [0.1, 0.15) is 26.3 Å². The fourth-order valence-electron chi connectivity index (χ4n) is 3.27. The number of amides is 1. The summed E-state index contributed by atoms with van der Waals surface area (Å²) in [6.07, 6.45) is 2.71. The highest BCUT2D eigenvalue weighted by molar-refractivity contribution is 5.73. The van der Waals surface area contributed by atoms with Crippen molar-refractivity contribution in [1.82, 2.24) is 19.5 Å². The van der Waals surface area contributed by atoms with Crippen LogP contribution in [0.5, 0.6) is 0 Å². The van der Waals surface area contributed by atoms with Crippen LogP contribution in [0.2, 0.25) is 0 Å². The molecule has 1 N–H and O–H groups in total. The molecule has 3 aromatic heterocycles. The van der Waals surface area contributed by atoms with Crippen molar-refractivity contribution in [3.05, 3.63) is 36.2 Å². The molecule has 1 fully saturated rings. The number of fused-ring (bicyclic) bond motifs is 1. The number of carbonyl (C=O) groups excluding carboxylic acids is 1. The van der Waals surface area contributed by atoms with E-state index >= 15 is 0 Å². The van der Waals surface area contributed by atoms with Crippen LogP contribution in [0, 0.1) is 11.3 Å². The second-order valence-corrected chi connectivity index (χ2v) is 8.19. The first kappa shape index (κ1) is 20.7. The minimum atomic E-state index is -0.541. The number of nitriles is 1. The number of carbonyl (C=O) groups is 1. The number of hydrogen-bond donors (Lipinski definition) is 1. The molecule has 4 rings (SSSR count). The van der Waals surface area contributed by atoms with Crippen LogP contribution in [0.25, 0.3) is 17.1 Å². The molecule has 0 spiro atoms. The third-order valence-electron chi connectivity index (χ3n) is 4.65. The largest absolute Gasteiger partial charge is 0.463 e. The Bertz CT molecular complexity index is 1110. The van der Waals surface area contributed by atoms with Gasteiger partial charge in [0, 0.05) is 19.3 Å². The van der Waals surface area contributed by atoms with E-state index in [0.29, 0.717) is 54.7 Å². The van der Waals surface area contributed by atoms with Gasteiger partial charge >= 0.3 is 6.09 Å². The Morgan fingerprint density at radius 1 is 1.42 bits per heavy atom. The Kier molecular flexibility index (Phi) is 5.52. The fraction of sp³-hybridized carbons (Fsp3) is 0.429. The van der Waals surface area contributed by atoms with Gasteiger partial charge in [-0.25, -0.2) is 14.3 Å². The van der Waals surface area contributed by atoms with E-state index in [1.165, 1.54) is 6.26 Å². The van der Waals surface area contributed by atoms with Gasteiger partial charge in [-0.2, -0.15) is 10.4 Å². The minimum Gasteiger partial charge on any atom is -0.463 e. The molecule has 1 amide bonds. The molecular formula is C21H24N6O4. The van der Waals surface area contributed by atoms with E-state index in [1.807, 2.05) is 20.8 Å². The van der Waals surface area contributed by atoms with Crippen molar-refractivity contribution in [2.24, 2.45) is 0 Å². The summed E-state index contributed by atoms with van der Waals surface area (Å²) in [5.41, 5.74) is 0.670. The predicted molar refractivity (Wildman–Crippen MR) is 111 cm³/mol. The summed E-state index contributed by atoms with van der Waals surface area (Å²) >= 11 is 0. The van der Waals surface area contributed by atoms with E-state index in [1.54, 1.807) is 33.8 Å². The zero-order valence-electron chi connectivity index (χ0n) is 17.7. The maximum Gasteiger partial charge on any atom is 0.410 e. The molecule has 1 aliphatic rings. The average Bonchev–Trinajstić information content (AvgIpc) is 3.38. The molecule has 1 saturated heterocycles. The van der Waals surface area contributed by atoms with Gasteiger partial charge in [-0.15, -0.1) is 0 Å². The number of anilines is 1. The Labute approximate surface area is 179 Å². The first-order valence-electron chi connectivity index (χ1n) is 10.0. The molecule has 31 heavy (non-hydrogen) atoms. The molecular weight excluding hydrogens is 400 g/mol. The number of hydrogen-bond acceptors (Lipinski definition) is 8. The number of nitrogens with zero attached hydrogens (tertiary/aromatic N) is 5. The smallest absolute Gasteiger partial charge is 0.410 e. The quantitative estimate of drug-likeness (QED) is 0.679. The Hall–Kier alpha value is -3.58. The van der Waals surface area contributed by atoms with Crippen molar-refractivity contribution in [3.63, 3.8) is 0 Å². The summed E-state index contributed by atoms with van der Waals surface area (Å²) in [6.45, 7) is 7.32. The van der Waals surface area contributed by atoms with Crippen LogP contribution in [-0.2, 0) is 9.47 Å². The second kappa shape index (κ2) is 8.28. The van der Waals surface area contributed by atoms with Crippen molar-refractivity contribution in [1.29, 1.82) is 5.26 Å². The highest BCUT2D eigenvalue weighted by Gasteiger charge is 2.28. The molecule has 1 atom stereocenters. The van der Waals surface area contributed by atoms with Crippen LogP contribution >= 0.6 is 0 Å². The van der Waals surface area contributed by atoms with Crippen molar-refractivity contribution in [2.45, 2.75) is 32.5 Å². The van der Waals surface area contributed by atoms with Gasteiger partial charge in [0.2, 0.25) is 0 Å². The lowest BCUT2D eigenvalue weighted by Gasteiger charge is -2.34. The van der Waals surface area contributed by atoms with E-state index in [2.05, 4.69) is 21.5 Å². The van der Waals surface area contributed by atoms with Gasteiger partial charge in [0.15, 0.2) is 11.4 Å². The SMILES string of the molecule is CC(C)(C)OC(=O)N1CCOC(CNc2ccn3nc(-c4ccco4)c(C#N)c3n2)C1. The highest BCUT2D eigenvalue weighted by atomic mass is 16.6. The van der Waals surface area contributed by atoms with Crippen molar-refractivity contribution < 1.29 is 18.7 Å². The van der Waals surface area contributed by atoms with E-state index < -0.39 is 5.60 Å². The number of furan rings is 1. The van der Waals surface area contributed by atoms with Crippen LogP contribution in [-0.4, -0.2) is 63.5 Å². The van der Waals surface area contributed by atoms with E-state index in [9.17, 15) is 10.1 Å². The Morgan fingerprint density at radius 2 is 2.26 bits per heavy atom. The lowest BCUT2D eigenvalue weighted by molar-refractivity contribution is -0.0371. The molecule has 0 radical (unpaired) electrons. The molecule has 10 nitrogen and oxygen atoms in total. The number of aromatic nitrogens is 3. The van der Waals surface area contributed by atoms with Crippen molar-refractivity contribution in [2.75, 3.05) is 31.6 Å². The summed E-state index contributed by atoms with van der Waals surface area (Å²) in [4.78, 5) is 18.5. The summed E-state index contributed by atoms with van der Waals surface area (Å²) in [5.74, 6) is 1.09. The van der Waals surface area contributed by atoms with Gasteiger partial charge in [-0.3, -0.25) is 0 Å². The summed E-state index contributed by atoms with van der Waals surface area (Å²) < 4.78 is 18.1. The first-order chi connectivity index (χ1) is 14.8. The first-order valence-corrected chi connectivity index (χ1v) is 10.0. The highest BCUT2D eigenvalue weighted by Crippen LogP contribution is 2.25. The molecule has 0 aliphatic carbocycles. The summed E-state index contributed by atoms with van der Waals surface area (Å²) in [5, 5.41) is 17.2. The normalized spacial score (nSPS) is 16.8. The molecule has 3 aromatic rings. The maximum absolute atomic E-state index is 12.3. The molecule has 4 heterocycles. The van der Waals surface area contributed by atoms with E-state index in [4.69, 9.17) is 13.9 Å². The van der Waals surface area contributed by atoms with Gasteiger partial charge in [0.1, 0.15) is 28.7 Å². The summed E-state index contributed by atoms with van der Waals surface area (Å²) in [7, 11) is 0. The molecule has 1 aliphatic heterocycles. The number of morpholine rings is 1. The van der Waals surface area contributed by atoms with Crippen LogP contribution < -0.4 is 5.32 Å². The number of rotatable bonds is 4. The lowest BCUT2D eigenvalue weighted by Crippen LogP contribution is -2.49. The third kappa shape index (κ3) is 4.62. The molecule has 1 unspecified atom stereocenters. The topological polar surface area (TPSA) is 118 Å². The van der Waals surface area contributed by atoms with Crippen LogP contribution in [0.4, 0.5) is 10.6 Å². The van der Waals surface area contributed by atoms with Crippen LogP contribution in [0.3, 0.4) is 0 Å². The fourth-order valence-corrected chi connectivity index (χ4v) is 3.27. The lowest BCUT2D eigenvalue weighted by atomic mass is 10.2. The average molecular weight is 424 g/mol. The standard InChI is InChI=1S/C21H24N6O4/c1-21(2,3)31-20(28)26-8-10-29-14(13-26)12-23-17-6-7-27-19(24-17)15(11-22)18(25-27)16-5-4-9-30-16/h4-7,9,14H,8,10,12-13H2,1-3H3,(H,23,24). The Balaban J connectivity index is 1.44. The minimum absolute atomic E-state index is 0.210. The molecule has 162 valence electrons. The van der Waals surface area contributed by atoms with E-state index in [-0.39, 0.29) is 12.2 Å². The van der Waals surface area contributed by atoms with Crippen molar-refractivity contribution >= 4 is 17.6 Å². The zero-order valence-corrected chi connectivity index (χ0v) is 17.7. The van der Waals surface area contributed by atoms with Gasteiger partial charge in [-0.1, -0.05) is 0 Å². The van der Waals surface area contributed by atoms with Gasteiger partial charge in [0.25, 0.3) is 0 Å². The van der Waals surface area contributed by atoms with Gasteiger partial charge in [0.05, 0.1) is 25.5 Å². The monoisotopic (exact) mass is 424 g/mol. The van der Waals surface area contributed by atoms with Gasteiger partial charge < -0.3 is 24.1 Å². The van der Waals surface area contributed by atoms with Crippen LogP contribution in [0.15, 0.2) is 35.1 Å². The van der Waals surface area contributed by atoms with Gasteiger partial charge in [-0.05, 0) is 39.0 Å². The summed E-state index contributed by atoms with van der Waals surface area (Å²) in [6, 6.07) is 7.42. The second-order valence-electron chi connectivity index (χ2n) is 8.19. The van der Waals surface area contributed by atoms with E-state index in [0.717, 1.165) is 0 Å². The molecule has 0 bridgehead atoms. The number of nitrogens with one attached hydrogen (secondary N) is 1. The molecule has 0 aromatic carbocycles. The number of ether oxygens (including phenoxy) is 2. The van der Waals surface area contributed by atoms with Crippen molar-refractivity contribution in [3.8, 4) is 17.5 Å². The Morgan fingerprint density at radius 3 is 2.97 bits per heavy atom.